The molecule has 1 amide bonds. The fourth-order valence-electron chi connectivity index (χ4n) is 3.79. The number of aryl methyl sites for hydroxylation is 1. The van der Waals surface area contributed by atoms with Crippen LogP contribution in [0.15, 0.2) is 35.3 Å². The number of carbonyl (C=O) groups is 1. The van der Waals surface area contributed by atoms with E-state index in [4.69, 9.17) is 26.1 Å². The Morgan fingerprint density at radius 3 is 2.94 bits per heavy atom. The molecule has 0 unspecified atom stereocenters. The minimum Gasteiger partial charge on any atom is -0.478 e. The predicted molar refractivity (Wildman–Crippen MR) is 126 cm³/mol. The summed E-state index contributed by atoms with van der Waals surface area (Å²) in [5.74, 6) is 0.446. The number of anilines is 1. The lowest BCUT2D eigenvalue weighted by Crippen LogP contribution is -2.42. The zero-order valence-corrected chi connectivity index (χ0v) is 19.6. The molecule has 10 heteroatoms. The van der Waals surface area contributed by atoms with Crippen molar-refractivity contribution in [3.8, 4) is 5.75 Å². The molecule has 0 bridgehead atoms. The normalized spacial score (nSPS) is 16.1. The summed E-state index contributed by atoms with van der Waals surface area (Å²) in [5, 5.41) is 3.78. The van der Waals surface area contributed by atoms with Gasteiger partial charge in [-0.1, -0.05) is 17.7 Å². The van der Waals surface area contributed by atoms with Crippen molar-refractivity contribution in [1.29, 1.82) is 0 Å². The van der Waals surface area contributed by atoms with Crippen molar-refractivity contribution >= 4 is 34.4 Å². The van der Waals surface area contributed by atoms with Crippen LogP contribution in [0.2, 0.25) is 5.02 Å². The van der Waals surface area contributed by atoms with Gasteiger partial charge in [-0.2, -0.15) is 0 Å². The quantitative estimate of drug-likeness (QED) is 0.586. The summed E-state index contributed by atoms with van der Waals surface area (Å²) >= 11 is 6.42. The molecule has 1 aromatic carbocycles. The third-order valence-electron chi connectivity index (χ3n) is 5.59. The number of halogens is 1. The molecule has 2 aromatic heterocycles. The third-order valence-corrected chi connectivity index (χ3v) is 5.91. The fraction of sp³-hybridized carbons (Fsp3) is 0.391. The van der Waals surface area contributed by atoms with Crippen LogP contribution in [0.1, 0.15) is 18.2 Å². The summed E-state index contributed by atoms with van der Waals surface area (Å²) in [5.41, 5.74) is 2.15. The average molecular weight is 472 g/mol. The standard InChI is InChI=1S/C23H26ClN5O4/c1-14-12-29(6-7-32-14)23-26-11-17(24)18(27-23)9-15-4-5-19-16(8-15)10-20(22(31)28(19)3)33-13-21(30)25-2/h4-5,8,10-11,14H,6-7,9,12-13H2,1-3H3,(H,25,30)/t14-/m0/s1. The van der Waals surface area contributed by atoms with Gasteiger partial charge in [0.05, 0.1) is 35.1 Å². The zero-order chi connectivity index (χ0) is 23.5. The molecule has 33 heavy (non-hydrogen) atoms. The van der Waals surface area contributed by atoms with Crippen LogP contribution in [-0.2, 0) is 23.0 Å². The number of benzene rings is 1. The lowest BCUT2D eigenvalue weighted by atomic mass is 10.1. The number of carbonyl (C=O) groups excluding carboxylic acids is 1. The monoisotopic (exact) mass is 471 g/mol. The van der Waals surface area contributed by atoms with Gasteiger partial charge in [0.1, 0.15) is 0 Å². The average Bonchev–Trinajstić information content (AvgIpc) is 2.81. The van der Waals surface area contributed by atoms with E-state index in [1.54, 1.807) is 19.3 Å². The van der Waals surface area contributed by atoms with Crippen LogP contribution in [0.4, 0.5) is 5.95 Å². The van der Waals surface area contributed by atoms with E-state index >= 15 is 0 Å². The maximum absolute atomic E-state index is 12.6. The molecule has 0 spiro atoms. The van der Waals surface area contributed by atoms with Gasteiger partial charge in [-0.05, 0) is 30.7 Å². The predicted octanol–water partition coefficient (Wildman–Crippen LogP) is 1.92. The maximum Gasteiger partial charge on any atom is 0.293 e. The molecule has 3 heterocycles. The molecular weight excluding hydrogens is 446 g/mol. The van der Waals surface area contributed by atoms with Crippen LogP contribution in [0.25, 0.3) is 10.9 Å². The Morgan fingerprint density at radius 2 is 2.18 bits per heavy atom. The van der Waals surface area contributed by atoms with Gasteiger partial charge >= 0.3 is 0 Å². The van der Waals surface area contributed by atoms with Crippen LogP contribution in [0, 0.1) is 0 Å². The number of nitrogens with one attached hydrogen (secondary N) is 1. The summed E-state index contributed by atoms with van der Waals surface area (Å²) in [4.78, 5) is 35.3. The molecule has 1 atom stereocenters. The van der Waals surface area contributed by atoms with E-state index in [0.717, 1.165) is 35.2 Å². The number of pyridine rings is 1. The van der Waals surface area contributed by atoms with Gasteiger partial charge in [-0.15, -0.1) is 0 Å². The summed E-state index contributed by atoms with van der Waals surface area (Å²) in [6, 6.07) is 7.46. The van der Waals surface area contributed by atoms with Gasteiger partial charge in [0, 0.05) is 39.0 Å². The highest BCUT2D eigenvalue weighted by molar-refractivity contribution is 6.31. The Morgan fingerprint density at radius 1 is 1.36 bits per heavy atom. The van der Waals surface area contributed by atoms with E-state index in [2.05, 4.69) is 15.2 Å². The lowest BCUT2D eigenvalue weighted by Gasteiger charge is -2.31. The van der Waals surface area contributed by atoms with E-state index in [1.807, 2.05) is 25.1 Å². The van der Waals surface area contributed by atoms with Crippen molar-refractivity contribution in [1.82, 2.24) is 19.9 Å². The number of hydrogen-bond acceptors (Lipinski definition) is 7. The first-order chi connectivity index (χ1) is 15.9. The van der Waals surface area contributed by atoms with Crippen LogP contribution < -0.4 is 20.5 Å². The highest BCUT2D eigenvalue weighted by atomic mass is 35.5. The third kappa shape index (κ3) is 5.09. The Labute approximate surface area is 196 Å². The van der Waals surface area contributed by atoms with Crippen LogP contribution in [-0.4, -0.2) is 59.9 Å². The summed E-state index contributed by atoms with van der Waals surface area (Å²) in [6.45, 7) is 3.89. The van der Waals surface area contributed by atoms with Crippen LogP contribution in [0.5, 0.6) is 5.75 Å². The number of likely N-dealkylation sites (N-methyl/N-ethyl adjacent to an activating group) is 1. The van der Waals surface area contributed by atoms with Gasteiger partial charge in [-0.3, -0.25) is 9.59 Å². The first-order valence-electron chi connectivity index (χ1n) is 10.7. The topological polar surface area (TPSA) is 98.6 Å². The van der Waals surface area contributed by atoms with E-state index in [9.17, 15) is 9.59 Å². The summed E-state index contributed by atoms with van der Waals surface area (Å²) < 4.78 is 12.6. The highest BCUT2D eigenvalue weighted by Crippen LogP contribution is 2.24. The maximum atomic E-state index is 12.6. The van der Waals surface area contributed by atoms with Crippen LogP contribution >= 0.6 is 11.6 Å². The van der Waals surface area contributed by atoms with Crippen molar-refractivity contribution in [2.75, 3.05) is 38.3 Å². The van der Waals surface area contributed by atoms with Gasteiger partial charge in [0.15, 0.2) is 12.4 Å². The van der Waals surface area contributed by atoms with Gasteiger partial charge in [0.25, 0.3) is 11.5 Å². The molecule has 1 aliphatic heterocycles. The van der Waals surface area contributed by atoms with E-state index < -0.39 is 0 Å². The number of hydrogen-bond donors (Lipinski definition) is 1. The van der Waals surface area contributed by atoms with Crippen LogP contribution in [0.3, 0.4) is 0 Å². The molecule has 1 aliphatic rings. The first-order valence-corrected chi connectivity index (χ1v) is 11.1. The van der Waals surface area contributed by atoms with Gasteiger partial charge in [-0.25, -0.2) is 9.97 Å². The van der Waals surface area contributed by atoms with E-state index in [1.165, 1.54) is 11.6 Å². The number of nitrogens with zero attached hydrogens (tertiary/aromatic N) is 4. The molecule has 9 nitrogen and oxygen atoms in total. The second kappa shape index (κ2) is 9.76. The molecule has 4 rings (SSSR count). The number of aromatic nitrogens is 3. The minimum absolute atomic E-state index is 0.119. The number of rotatable bonds is 6. The molecule has 1 saturated heterocycles. The van der Waals surface area contributed by atoms with Crippen molar-refractivity contribution in [2.45, 2.75) is 19.4 Å². The number of morpholine rings is 1. The lowest BCUT2D eigenvalue weighted by molar-refractivity contribution is -0.122. The molecule has 174 valence electrons. The van der Waals surface area contributed by atoms with Gasteiger partial charge < -0.3 is 24.3 Å². The first kappa shape index (κ1) is 23.0. The fourth-order valence-corrected chi connectivity index (χ4v) is 3.95. The molecule has 0 aliphatic carbocycles. The highest BCUT2D eigenvalue weighted by Gasteiger charge is 2.20. The second-order valence-corrected chi connectivity index (χ2v) is 8.40. The Bertz CT molecular complexity index is 1250. The molecule has 0 saturated carbocycles. The zero-order valence-electron chi connectivity index (χ0n) is 18.8. The molecule has 1 N–H and O–H groups in total. The molecular formula is C23H26ClN5O4. The summed E-state index contributed by atoms with van der Waals surface area (Å²) in [7, 11) is 3.19. The smallest absolute Gasteiger partial charge is 0.293 e. The SMILES string of the molecule is CNC(=O)COc1cc2cc(Cc3nc(N4CCO[C@@H](C)C4)ncc3Cl)ccc2n(C)c1=O. The van der Waals surface area contributed by atoms with Crippen molar-refractivity contribution in [3.05, 3.63) is 57.1 Å². The van der Waals surface area contributed by atoms with Crippen molar-refractivity contribution < 1.29 is 14.3 Å². The van der Waals surface area contributed by atoms with E-state index in [0.29, 0.717) is 24.0 Å². The Kier molecular flexibility index (Phi) is 6.80. The molecule has 3 aromatic rings. The van der Waals surface area contributed by atoms with Crippen molar-refractivity contribution in [2.24, 2.45) is 7.05 Å². The Balaban J connectivity index is 1.62. The number of ether oxygens (including phenoxy) is 2. The molecule has 0 radical (unpaired) electrons. The molecule has 1 fully saturated rings. The number of amides is 1. The van der Waals surface area contributed by atoms with E-state index in [-0.39, 0.29) is 29.9 Å². The van der Waals surface area contributed by atoms with Gasteiger partial charge in [0.2, 0.25) is 5.95 Å². The minimum atomic E-state index is -0.310. The second-order valence-electron chi connectivity index (χ2n) is 8.00. The number of fused-ring (bicyclic) bond motifs is 1. The largest absolute Gasteiger partial charge is 0.478 e. The summed E-state index contributed by atoms with van der Waals surface area (Å²) in [6.07, 6.45) is 2.25. The Hall–Kier alpha value is -3.17. The van der Waals surface area contributed by atoms with Crippen molar-refractivity contribution in [3.63, 3.8) is 0 Å².